The zero-order chi connectivity index (χ0) is 19.8. The number of hydrogen-bond acceptors (Lipinski definition) is 4. The van der Waals surface area contributed by atoms with Gasteiger partial charge in [-0.05, 0) is 40.8 Å². The molecule has 1 fully saturated rings. The molecule has 1 aliphatic heterocycles. The molecule has 4 nitrogen and oxygen atoms in total. The smallest absolute Gasteiger partial charge is 0.192 e. The van der Waals surface area contributed by atoms with Crippen molar-refractivity contribution in [2.24, 2.45) is 0 Å². The molecule has 1 rings (SSSR count). The Bertz CT molecular complexity index is 504. The zero-order valence-corrected chi connectivity index (χ0v) is 21.8. The third-order valence-corrected chi connectivity index (χ3v) is 16.7. The SMILES string of the molecule is CC1(C)OC[C@H]([C@@H](O)/C(CO[Si](C)(C)C(C)(C)C)=C(/I)[Si](C)(C)C)O1. The van der Waals surface area contributed by atoms with E-state index in [1.54, 1.807) is 0 Å². The largest absolute Gasteiger partial charge is 0.413 e. The van der Waals surface area contributed by atoms with Crippen LogP contribution in [0.2, 0.25) is 37.8 Å². The van der Waals surface area contributed by atoms with Gasteiger partial charge in [-0.2, -0.15) is 0 Å². The molecule has 0 unspecified atom stereocenters. The van der Waals surface area contributed by atoms with Crippen LogP contribution in [0.3, 0.4) is 0 Å². The average molecular weight is 501 g/mol. The summed E-state index contributed by atoms with van der Waals surface area (Å²) in [5.41, 5.74) is 0.982. The predicted octanol–water partition coefficient (Wildman–Crippen LogP) is 5.09. The molecule has 1 saturated heterocycles. The number of ether oxygens (including phenoxy) is 2. The monoisotopic (exact) mass is 500 g/mol. The van der Waals surface area contributed by atoms with Crippen molar-refractivity contribution in [3.8, 4) is 0 Å². The lowest BCUT2D eigenvalue weighted by Crippen LogP contribution is -2.43. The standard InChI is InChI=1S/C18H37IO4Si2/c1-17(2,3)25(9,10)22-11-13(16(19)24(6,7)8)15(20)14-12-21-18(4,5)23-14/h14-15,20H,11-12H2,1-10H3/b16-13-/t14-,15+/m1/s1. The van der Waals surface area contributed by atoms with Gasteiger partial charge >= 0.3 is 0 Å². The van der Waals surface area contributed by atoms with Gasteiger partial charge in [0, 0.05) is 0 Å². The van der Waals surface area contributed by atoms with E-state index in [0.29, 0.717) is 13.2 Å². The van der Waals surface area contributed by atoms with Crippen LogP contribution in [0.4, 0.5) is 0 Å². The third kappa shape index (κ3) is 6.39. The van der Waals surface area contributed by atoms with Crippen LogP contribution in [0.1, 0.15) is 34.6 Å². The highest BCUT2D eigenvalue weighted by molar-refractivity contribution is 14.1. The lowest BCUT2D eigenvalue weighted by molar-refractivity contribution is -0.148. The van der Waals surface area contributed by atoms with Crippen molar-refractivity contribution in [1.82, 2.24) is 0 Å². The Morgan fingerprint density at radius 3 is 2.12 bits per heavy atom. The molecular formula is C18H37IO4Si2. The van der Waals surface area contributed by atoms with Crippen LogP contribution >= 0.6 is 22.6 Å². The summed E-state index contributed by atoms with van der Waals surface area (Å²) in [5, 5.41) is 11.2. The van der Waals surface area contributed by atoms with E-state index in [1.165, 1.54) is 3.20 Å². The van der Waals surface area contributed by atoms with Gasteiger partial charge in [0.25, 0.3) is 0 Å². The molecule has 0 aliphatic carbocycles. The molecule has 25 heavy (non-hydrogen) atoms. The average Bonchev–Trinajstić information content (AvgIpc) is 2.76. The van der Waals surface area contributed by atoms with Crippen molar-refractivity contribution in [3.05, 3.63) is 8.78 Å². The Labute approximate surface area is 170 Å². The van der Waals surface area contributed by atoms with E-state index in [0.717, 1.165) is 5.57 Å². The van der Waals surface area contributed by atoms with Gasteiger partial charge in [-0.25, -0.2) is 0 Å². The first-order chi connectivity index (χ1) is 11.0. The molecule has 0 aromatic rings. The van der Waals surface area contributed by atoms with Gasteiger partial charge in [-0.15, -0.1) is 0 Å². The normalized spacial score (nSPS) is 24.2. The second-order valence-electron chi connectivity index (χ2n) is 9.95. The fraction of sp³-hybridized carbons (Fsp3) is 0.889. The van der Waals surface area contributed by atoms with Crippen molar-refractivity contribution in [3.63, 3.8) is 0 Å². The van der Waals surface area contributed by atoms with E-state index >= 15 is 0 Å². The van der Waals surface area contributed by atoms with Crippen molar-refractivity contribution in [2.45, 2.75) is 90.4 Å². The Morgan fingerprint density at radius 2 is 1.76 bits per heavy atom. The highest BCUT2D eigenvalue weighted by atomic mass is 127. The van der Waals surface area contributed by atoms with Crippen molar-refractivity contribution >= 4 is 39.0 Å². The summed E-state index contributed by atoms with van der Waals surface area (Å²) >= 11 is 2.41. The van der Waals surface area contributed by atoms with Crippen LogP contribution in [-0.4, -0.2) is 52.7 Å². The van der Waals surface area contributed by atoms with Gasteiger partial charge in [-0.3, -0.25) is 0 Å². The number of aliphatic hydroxyl groups excluding tert-OH is 1. The molecule has 0 bridgehead atoms. The first-order valence-corrected chi connectivity index (χ1v) is 16.5. The molecule has 0 aromatic carbocycles. The van der Waals surface area contributed by atoms with E-state index in [9.17, 15) is 5.11 Å². The third-order valence-electron chi connectivity index (χ3n) is 5.07. The number of aliphatic hydroxyl groups is 1. The van der Waals surface area contributed by atoms with Crippen LogP contribution in [0.15, 0.2) is 8.78 Å². The van der Waals surface area contributed by atoms with E-state index in [1.807, 2.05) is 13.8 Å². The maximum Gasteiger partial charge on any atom is 0.192 e. The Balaban J connectivity index is 3.08. The van der Waals surface area contributed by atoms with Gasteiger partial charge < -0.3 is 19.0 Å². The Kier molecular flexibility index (Phi) is 7.62. The topological polar surface area (TPSA) is 47.9 Å². The molecule has 0 radical (unpaired) electrons. The van der Waals surface area contributed by atoms with Gasteiger partial charge in [-0.1, -0.05) is 63.0 Å². The maximum absolute atomic E-state index is 11.1. The summed E-state index contributed by atoms with van der Waals surface area (Å²) in [6, 6.07) is 0. The van der Waals surface area contributed by atoms with Crippen LogP contribution in [-0.2, 0) is 13.9 Å². The molecular weight excluding hydrogens is 463 g/mol. The Morgan fingerprint density at radius 1 is 1.24 bits per heavy atom. The first-order valence-electron chi connectivity index (χ1n) is 9.01. The molecule has 1 aliphatic rings. The van der Waals surface area contributed by atoms with E-state index in [2.05, 4.69) is 76.1 Å². The van der Waals surface area contributed by atoms with Gasteiger partial charge in [0.2, 0.25) is 0 Å². The highest BCUT2D eigenvalue weighted by Crippen LogP contribution is 2.38. The maximum atomic E-state index is 11.1. The fourth-order valence-electron chi connectivity index (χ4n) is 2.33. The van der Waals surface area contributed by atoms with Crippen molar-refractivity contribution < 1.29 is 19.0 Å². The van der Waals surface area contributed by atoms with Crippen LogP contribution in [0.25, 0.3) is 0 Å². The molecule has 1 heterocycles. The van der Waals surface area contributed by atoms with Gasteiger partial charge in [0.1, 0.15) is 12.2 Å². The highest BCUT2D eigenvalue weighted by Gasteiger charge is 2.41. The van der Waals surface area contributed by atoms with E-state index < -0.39 is 28.3 Å². The van der Waals surface area contributed by atoms with E-state index in [-0.39, 0.29) is 11.1 Å². The summed E-state index contributed by atoms with van der Waals surface area (Å²) < 4.78 is 19.3. The van der Waals surface area contributed by atoms with Crippen LogP contribution in [0.5, 0.6) is 0 Å². The number of hydrogen-bond donors (Lipinski definition) is 1. The zero-order valence-electron chi connectivity index (χ0n) is 17.6. The Hall–Kier alpha value is 0.744. The second kappa shape index (κ2) is 8.01. The first kappa shape index (κ1) is 23.8. The lowest BCUT2D eigenvalue weighted by atomic mass is 10.1. The minimum atomic E-state index is -1.89. The summed E-state index contributed by atoms with van der Waals surface area (Å²) in [5.74, 6) is -0.637. The quantitative estimate of drug-likeness (QED) is 0.408. The minimum absolute atomic E-state index is 0.141. The molecule has 2 atom stereocenters. The van der Waals surface area contributed by atoms with Gasteiger partial charge in [0.15, 0.2) is 14.1 Å². The molecule has 0 aromatic heterocycles. The summed E-state index contributed by atoms with van der Waals surface area (Å²) in [4.78, 5) is 0. The predicted molar refractivity (Wildman–Crippen MR) is 118 cm³/mol. The van der Waals surface area contributed by atoms with Gasteiger partial charge in [0.05, 0.1) is 21.3 Å². The molecule has 0 amide bonds. The molecule has 148 valence electrons. The number of rotatable bonds is 6. The molecule has 1 N–H and O–H groups in total. The molecule has 7 heteroatoms. The fourth-order valence-corrected chi connectivity index (χ4v) is 4.94. The van der Waals surface area contributed by atoms with Crippen molar-refractivity contribution in [1.29, 1.82) is 0 Å². The summed E-state index contributed by atoms with van der Waals surface area (Å²) in [6.07, 6.45) is -1.03. The van der Waals surface area contributed by atoms with Crippen molar-refractivity contribution in [2.75, 3.05) is 13.2 Å². The minimum Gasteiger partial charge on any atom is -0.413 e. The summed E-state index contributed by atoms with van der Waals surface area (Å²) in [7, 11) is -3.46. The lowest BCUT2D eigenvalue weighted by Gasteiger charge is -2.37. The van der Waals surface area contributed by atoms with Crippen LogP contribution in [0, 0.1) is 0 Å². The summed E-state index contributed by atoms with van der Waals surface area (Å²) in [6.45, 7) is 22.7. The second-order valence-corrected chi connectivity index (χ2v) is 21.9. The molecule has 0 saturated carbocycles. The van der Waals surface area contributed by atoms with E-state index in [4.69, 9.17) is 13.9 Å². The number of halogens is 1. The molecule has 0 spiro atoms. The van der Waals surface area contributed by atoms with Crippen LogP contribution < -0.4 is 0 Å².